The lowest BCUT2D eigenvalue weighted by molar-refractivity contribution is -0.134. The van der Waals surface area contributed by atoms with E-state index in [1.54, 1.807) is 0 Å². The van der Waals surface area contributed by atoms with Crippen LogP contribution in [0.25, 0.3) is 5.57 Å². The van der Waals surface area contributed by atoms with Gasteiger partial charge in [-0.3, -0.25) is 9.69 Å². The van der Waals surface area contributed by atoms with E-state index in [0.29, 0.717) is 24.3 Å². The molecule has 1 fully saturated rings. The maximum Gasteiger partial charge on any atom is 0.328 e. The number of aliphatic carboxylic acids is 2. The zero-order valence-electron chi connectivity index (χ0n) is 21.0. The maximum absolute atomic E-state index is 12.6. The molecule has 36 heavy (non-hydrogen) atoms. The Balaban J connectivity index is 0.000000493. The van der Waals surface area contributed by atoms with Gasteiger partial charge in [0.1, 0.15) is 12.4 Å². The summed E-state index contributed by atoms with van der Waals surface area (Å²) >= 11 is 0. The number of anilines is 1. The van der Waals surface area contributed by atoms with E-state index < -0.39 is 11.9 Å². The number of hydrogen-bond acceptors (Lipinski definition) is 5. The fraction of sp³-hybridized carbons (Fsp3) is 0.321. The quantitative estimate of drug-likeness (QED) is 0.441. The minimum absolute atomic E-state index is 0.184. The number of nitrogens with zero attached hydrogens (tertiary/aromatic N) is 1. The fourth-order valence-corrected chi connectivity index (χ4v) is 3.92. The molecule has 1 aliphatic heterocycles. The van der Waals surface area contributed by atoms with Gasteiger partial charge in [0, 0.05) is 30.0 Å². The second kappa shape index (κ2) is 13.8. The molecule has 0 radical (unpaired) electrons. The number of carboxylic acid groups (broad SMARTS) is 2. The van der Waals surface area contributed by atoms with E-state index in [1.807, 2.05) is 57.2 Å². The first-order chi connectivity index (χ1) is 17.1. The third-order valence-electron chi connectivity index (χ3n) is 5.68. The van der Waals surface area contributed by atoms with Crippen LogP contribution in [0.4, 0.5) is 5.69 Å². The van der Waals surface area contributed by atoms with Crippen LogP contribution in [-0.4, -0.2) is 59.2 Å². The van der Waals surface area contributed by atoms with Gasteiger partial charge in [0.05, 0.1) is 0 Å². The first-order valence-electron chi connectivity index (χ1n) is 11.7. The normalized spacial score (nSPS) is 13.1. The Kier molecular flexibility index (Phi) is 10.9. The minimum Gasteiger partial charge on any atom is -0.492 e. The van der Waals surface area contributed by atoms with Crippen molar-refractivity contribution in [1.82, 2.24) is 4.90 Å². The van der Waals surface area contributed by atoms with Gasteiger partial charge in [-0.25, -0.2) is 9.59 Å². The second-order valence-electron chi connectivity index (χ2n) is 8.59. The van der Waals surface area contributed by atoms with Gasteiger partial charge in [0.2, 0.25) is 0 Å². The Morgan fingerprint density at radius 2 is 1.53 bits per heavy atom. The highest BCUT2D eigenvalue weighted by molar-refractivity contribution is 6.24. The highest BCUT2D eigenvalue weighted by Gasteiger charge is 2.15. The molecule has 0 bridgehead atoms. The van der Waals surface area contributed by atoms with Gasteiger partial charge in [0.15, 0.2) is 0 Å². The predicted molar refractivity (Wildman–Crippen MR) is 140 cm³/mol. The largest absolute Gasteiger partial charge is 0.492 e. The molecule has 3 N–H and O–H groups in total. The van der Waals surface area contributed by atoms with Crippen LogP contribution in [0.2, 0.25) is 0 Å². The highest BCUT2D eigenvalue weighted by atomic mass is 16.5. The van der Waals surface area contributed by atoms with Crippen LogP contribution in [0, 0.1) is 20.8 Å². The first kappa shape index (κ1) is 28.3. The Hall–Kier alpha value is -3.91. The monoisotopic (exact) mass is 494 g/mol. The summed E-state index contributed by atoms with van der Waals surface area (Å²) in [5.41, 5.74) is 5.20. The Bertz CT molecular complexity index is 1090. The van der Waals surface area contributed by atoms with E-state index in [0.717, 1.165) is 40.2 Å². The van der Waals surface area contributed by atoms with Gasteiger partial charge < -0.3 is 20.3 Å². The van der Waals surface area contributed by atoms with E-state index in [2.05, 4.69) is 16.8 Å². The summed E-state index contributed by atoms with van der Waals surface area (Å²) in [5, 5.41) is 18.6. The predicted octanol–water partition coefficient (Wildman–Crippen LogP) is 4.45. The number of amides is 1. The molecule has 192 valence electrons. The summed E-state index contributed by atoms with van der Waals surface area (Å²) in [7, 11) is 0. The number of benzene rings is 2. The summed E-state index contributed by atoms with van der Waals surface area (Å²) in [4.78, 5) is 34.2. The third-order valence-corrected chi connectivity index (χ3v) is 5.68. The van der Waals surface area contributed by atoms with Crippen molar-refractivity contribution in [2.75, 3.05) is 31.6 Å². The zero-order valence-corrected chi connectivity index (χ0v) is 21.0. The molecule has 1 saturated heterocycles. The lowest BCUT2D eigenvalue weighted by Gasteiger charge is -2.18. The van der Waals surface area contributed by atoms with Gasteiger partial charge >= 0.3 is 11.9 Å². The van der Waals surface area contributed by atoms with Crippen molar-refractivity contribution in [3.63, 3.8) is 0 Å². The number of aryl methyl sites for hydroxylation is 3. The third kappa shape index (κ3) is 9.03. The van der Waals surface area contributed by atoms with E-state index in [9.17, 15) is 14.4 Å². The molecule has 1 aliphatic rings. The van der Waals surface area contributed by atoms with Crippen molar-refractivity contribution in [3.8, 4) is 5.75 Å². The van der Waals surface area contributed by atoms with Crippen LogP contribution in [0.3, 0.4) is 0 Å². The molecule has 0 atom stereocenters. The fourth-order valence-electron chi connectivity index (χ4n) is 3.92. The smallest absolute Gasteiger partial charge is 0.328 e. The van der Waals surface area contributed by atoms with Gasteiger partial charge in [-0.15, -0.1) is 0 Å². The number of rotatable bonds is 9. The van der Waals surface area contributed by atoms with Crippen molar-refractivity contribution in [3.05, 3.63) is 77.4 Å². The summed E-state index contributed by atoms with van der Waals surface area (Å²) < 4.78 is 6.05. The van der Waals surface area contributed by atoms with E-state index in [4.69, 9.17) is 14.9 Å². The van der Waals surface area contributed by atoms with Crippen molar-refractivity contribution in [1.29, 1.82) is 0 Å². The molecule has 3 rings (SSSR count). The van der Waals surface area contributed by atoms with Crippen LogP contribution in [-0.2, 0) is 14.4 Å². The van der Waals surface area contributed by atoms with Gasteiger partial charge in [-0.2, -0.15) is 0 Å². The lowest BCUT2D eigenvalue weighted by atomic mass is 10.0. The molecule has 2 aromatic carbocycles. The Labute approximate surface area is 211 Å². The Morgan fingerprint density at radius 3 is 2.06 bits per heavy atom. The average Bonchev–Trinajstić information content (AvgIpc) is 3.33. The van der Waals surface area contributed by atoms with E-state index in [-0.39, 0.29) is 5.91 Å². The molecule has 1 amide bonds. The van der Waals surface area contributed by atoms with Gasteiger partial charge in [-0.1, -0.05) is 30.8 Å². The van der Waals surface area contributed by atoms with Crippen molar-refractivity contribution < 1.29 is 29.3 Å². The van der Waals surface area contributed by atoms with Crippen LogP contribution < -0.4 is 10.1 Å². The number of carboxylic acids is 2. The standard InChI is InChI=1S/C24H30N2O2.C4H4O4/c1-17-9-5-6-10-22(17)20(4)24(27)25-21-15-18(2)23(19(3)16-21)28-14-13-26-11-7-8-12-26;5-3(6)1-2-4(7)8/h5-6,9-10,15-16H,4,7-8,11-14H2,1-3H3,(H,25,27);1-2H,(H,5,6)(H,7,8)/b;2-1+. The minimum atomic E-state index is -1.26. The average molecular weight is 495 g/mol. The van der Waals surface area contributed by atoms with Gasteiger partial charge in [-0.05, 0) is 81.1 Å². The molecule has 0 aromatic heterocycles. The van der Waals surface area contributed by atoms with Crippen LogP contribution in [0.1, 0.15) is 35.1 Å². The molecule has 0 unspecified atom stereocenters. The van der Waals surface area contributed by atoms with Crippen molar-refractivity contribution in [2.24, 2.45) is 0 Å². The number of ether oxygens (including phenoxy) is 1. The molecule has 8 heteroatoms. The van der Waals surface area contributed by atoms with Crippen LogP contribution in [0.15, 0.2) is 55.1 Å². The molecular formula is C28H34N2O6. The molecule has 0 saturated carbocycles. The highest BCUT2D eigenvalue weighted by Crippen LogP contribution is 2.28. The summed E-state index contributed by atoms with van der Waals surface area (Å²) in [5.74, 6) is -1.79. The molecule has 1 heterocycles. The molecular weight excluding hydrogens is 460 g/mol. The van der Waals surface area contributed by atoms with E-state index in [1.165, 1.54) is 25.9 Å². The second-order valence-corrected chi connectivity index (χ2v) is 8.59. The number of hydrogen-bond donors (Lipinski definition) is 3. The van der Waals surface area contributed by atoms with Crippen LogP contribution >= 0.6 is 0 Å². The SMILES string of the molecule is C=C(C(=O)Nc1cc(C)c(OCCN2CCCC2)c(C)c1)c1ccccc1C.O=C(O)/C=C/C(=O)O. The molecule has 0 spiro atoms. The van der Waals surface area contributed by atoms with Crippen molar-refractivity contribution in [2.45, 2.75) is 33.6 Å². The molecule has 8 nitrogen and oxygen atoms in total. The molecule has 0 aliphatic carbocycles. The summed E-state index contributed by atoms with van der Waals surface area (Å²) in [6.45, 7) is 14.0. The first-order valence-corrected chi connectivity index (χ1v) is 11.7. The Morgan fingerprint density at radius 1 is 0.972 bits per heavy atom. The summed E-state index contributed by atoms with van der Waals surface area (Å²) in [6, 6.07) is 11.7. The topological polar surface area (TPSA) is 116 Å². The number of carbonyl (C=O) groups is 3. The molecule has 2 aromatic rings. The zero-order chi connectivity index (χ0) is 26.7. The maximum atomic E-state index is 12.6. The summed E-state index contributed by atoms with van der Waals surface area (Å²) in [6.07, 6.45) is 3.70. The van der Waals surface area contributed by atoms with Gasteiger partial charge in [0.25, 0.3) is 5.91 Å². The number of likely N-dealkylation sites (tertiary alicyclic amines) is 1. The number of carbonyl (C=O) groups excluding carboxylic acids is 1. The lowest BCUT2D eigenvalue weighted by Crippen LogP contribution is -2.25. The number of nitrogens with one attached hydrogen (secondary N) is 1. The van der Waals surface area contributed by atoms with Crippen molar-refractivity contribution >= 4 is 29.1 Å². The van der Waals surface area contributed by atoms with Crippen LogP contribution in [0.5, 0.6) is 5.75 Å². The van der Waals surface area contributed by atoms with E-state index >= 15 is 0 Å².